The molecular formula is C28H34N2Si. The Kier molecular flexibility index (Phi) is 4.99. The summed E-state index contributed by atoms with van der Waals surface area (Å²) in [5.74, 6) is -0.845. The first-order valence-corrected chi connectivity index (χ1v) is 14.5. The Labute approximate surface area is 190 Å². The van der Waals surface area contributed by atoms with Crippen molar-refractivity contribution in [3.05, 3.63) is 77.9 Å². The predicted molar refractivity (Wildman–Crippen MR) is 138 cm³/mol. The van der Waals surface area contributed by atoms with Crippen molar-refractivity contribution in [2.24, 2.45) is 0 Å². The van der Waals surface area contributed by atoms with Gasteiger partial charge in [-0.3, -0.25) is 4.57 Å². The number of benzene rings is 3. The van der Waals surface area contributed by atoms with Crippen molar-refractivity contribution in [2.45, 2.75) is 59.1 Å². The summed E-state index contributed by atoms with van der Waals surface area (Å²) >= 11 is 0. The van der Waals surface area contributed by atoms with Crippen LogP contribution in [0.25, 0.3) is 28.1 Å². The van der Waals surface area contributed by atoms with Crippen LogP contribution in [0.3, 0.4) is 0 Å². The molecule has 0 radical (unpaired) electrons. The average Bonchev–Trinajstić information content (AvgIpc) is 3.11. The minimum atomic E-state index is -1.68. The summed E-state index contributed by atoms with van der Waals surface area (Å²) in [4.78, 5) is 5.03. The summed E-state index contributed by atoms with van der Waals surface area (Å²) in [6.07, 6.45) is 0. The Balaban J connectivity index is 2.23. The quantitative estimate of drug-likeness (QED) is 0.301. The van der Waals surface area contributed by atoms with Crippen LogP contribution in [-0.4, -0.2) is 17.6 Å². The molecule has 0 unspecified atom stereocenters. The molecule has 0 N–H and O–H groups in total. The van der Waals surface area contributed by atoms with Crippen LogP contribution in [0.2, 0.25) is 19.6 Å². The Morgan fingerprint density at radius 1 is 0.806 bits per heavy atom. The molecule has 4 aromatic rings. The zero-order valence-electron chi connectivity index (χ0n) is 21.7. The van der Waals surface area contributed by atoms with Crippen LogP contribution in [0.15, 0.2) is 66.7 Å². The van der Waals surface area contributed by atoms with Crippen molar-refractivity contribution in [2.75, 3.05) is 0 Å². The zero-order chi connectivity index (χ0) is 24.2. The Morgan fingerprint density at radius 3 is 1.90 bits per heavy atom. The smallest absolute Gasteiger partial charge is 0.145 e. The number of fused-ring (bicyclic) bond motifs is 1. The second-order valence-electron chi connectivity index (χ2n) is 9.80. The molecule has 0 amide bonds. The van der Waals surface area contributed by atoms with Gasteiger partial charge in [0.1, 0.15) is 5.82 Å². The number of nitrogens with zero attached hydrogens (tertiary/aromatic N) is 2. The number of para-hydroxylation sites is 2. The SMILES string of the molecule is [2H]C(C)(C)c1cc([Si](C)(C)C)cc(C([2H])(C)C)c1-n1c(-c2ccccc2)nc2ccccc21. The number of hydrogen-bond acceptors (Lipinski definition) is 1. The molecule has 0 fully saturated rings. The van der Waals surface area contributed by atoms with Crippen LogP contribution in [0, 0.1) is 0 Å². The van der Waals surface area contributed by atoms with E-state index in [-0.39, 0.29) is 0 Å². The highest BCUT2D eigenvalue weighted by molar-refractivity contribution is 6.88. The predicted octanol–water partition coefficient (Wildman–Crippen LogP) is 7.48. The third-order valence-corrected chi connectivity index (χ3v) is 7.89. The molecule has 1 heterocycles. The molecule has 0 atom stereocenters. The second-order valence-corrected chi connectivity index (χ2v) is 14.9. The molecule has 4 rings (SSSR count). The number of hydrogen-bond donors (Lipinski definition) is 0. The van der Waals surface area contributed by atoms with Crippen LogP contribution in [0.1, 0.15) is 53.4 Å². The van der Waals surface area contributed by atoms with E-state index in [4.69, 9.17) is 7.73 Å². The van der Waals surface area contributed by atoms with Gasteiger partial charge in [-0.05, 0) is 35.0 Å². The van der Waals surface area contributed by atoms with Crippen molar-refractivity contribution in [1.82, 2.24) is 9.55 Å². The molecular weight excluding hydrogens is 392 g/mol. The van der Waals surface area contributed by atoms with E-state index in [9.17, 15) is 0 Å². The van der Waals surface area contributed by atoms with Gasteiger partial charge >= 0.3 is 0 Å². The Bertz CT molecular complexity index is 1270. The number of rotatable bonds is 5. The van der Waals surface area contributed by atoms with Gasteiger partial charge in [0.05, 0.1) is 24.8 Å². The van der Waals surface area contributed by atoms with Crippen LogP contribution < -0.4 is 5.19 Å². The van der Waals surface area contributed by atoms with Crippen molar-refractivity contribution >= 4 is 24.3 Å². The lowest BCUT2D eigenvalue weighted by atomic mass is 9.92. The topological polar surface area (TPSA) is 17.8 Å². The highest BCUT2D eigenvalue weighted by atomic mass is 28.3. The fourth-order valence-corrected chi connectivity index (χ4v) is 5.26. The molecule has 1 aromatic heterocycles. The van der Waals surface area contributed by atoms with Gasteiger partial charge in [0, 0.05) is 8.30 Å². The Morgan fingerprint density at radius 2 is 1.35 bits per heavy atom. The van der Waals surface area contributed by atoms with Gasteiger partial charge in [0.15, 0.2) is 0 Å². The molecule has 0 aliphatic heterocycles. The lowest BCUT2D eigenvalue weighted by Crippen LogP contribution is -2.38. The normalized spacial score (nSPS) is 13.9. The molecule has 0 aliphatic rings. The molecule has 0 saturated carbocycles. The van der Waals surface area contributed by atoms with Crippen molar-refractivity contribution < 1.29 is 2.74 Å². The molecule has 3 heteroatoms. The maximum atomic E-state index is 9.12. The molecule has 0 bridgehead atoms. The summed E-state index contributed by atoms with van der Waals surface area (Å²) in [6, 6.07) is 22.8. The van der Waals surface area contributed by atoms with Crippen LogP contribution >= 0.6 is 0 Å². The van der Waals surface area contributed by atoms with E-state index in [2.05, 4.69) is 54.5 Å². The van der Waals surface area contributed by atoms with E-state index in [1.807, 2.05) is 64.1 Å². The van der Waals surface area contributed by atoms with Crippen LogP contribution in [-0.2, 0) is 0 Å². The van der Waals surface area contributed by atoms with E-state index < -0.39 is 19.9 Å². The van der Waals surface area contributed by atoms with Gasteiger partial charge in [-0.1, -0.05) is 107 Å². The maximum Gasteiger partial charge on any atom is 0.145 e. The minimum Gasteiger partial charge on any atom is -0.292 e. The lowest BCUT2D eigenvalue weighted by Gasteiger charge is -2.27. The molecule has 160 valence electrons. The van der Waals surface area contributed by atoms with Crippen molar-refractivity contribution in [3.8, 4) is 17.1 Å². The second kappa shape index (κ2) is 8.12. The van der Waals surface area contributed by atoms with Gasteiger partial charge in [-0.25, -0.2) is 4.98 Å². The molecule has 31 heavy (non-hydrogen) atoms. The van der Waals surface area contributed by atoms with Gasteiger partial charge < -0.3 is 0 Å². The fourth-order valence-electron chi connectivity index (χ4n) is 4.10. The zero-order valence-corrected chi connectivity index (χ0v) is 20.7. The molecule has 2 nitrogen and oxygen atoms in total. The first-order valence-electron chi connectivity index (χ1n) is 12.0. The maximum absolute atomic E-state index is 9.12. The highest BCUT2D eigenvalue weighted by Crippen LogP contribution is 2.37. The number of imidazole rings is 1. The van der Waals surface area contributed by atoms with Gasteiger partial charge in [-0.15, -0.1) is 0 Å². The summed E-state index contributed by atoms with van der Waals surface area (Å²) in [5, 5.41) is 1.28. The largest absolute Gasteiger partial charge is 0.292 e. The van der Waals surface area contributed by atoms with Gasteiger partial charge in [-0.2, -0.15) is 0 Å². The molecule has 0 spiro atoms. The summed E-state index contributed by atoms with van der Waals surface area (Å²) < 4.78 is 20.4. The molecule has 0 saturated heterocycles. The summed E-state index contributed by atoms with van der Waals surface area (Å²) in [7, 11) is -1.68. The number of aromatic nitrogens is 2. The minimum absolute atomic E-state index is 0.841. The van der Waals surface area contributed by atoms with E-state index in [0.717, 1.165) is 39.2 Å². The standard InChI is InChI=1S/C28H34N2Si/c1-19(2)23-17-22(31(5,6)7)18-24(20(3)4)27(23)30-26-16-12-11-15-25(26)29-28(30)21-13-9-8-10-14-21/h8-20H,1-7H3/i19D,20D. The highest BCUT2D eigenvalue weighted by Gasteiger charge is 2.26. The summed E-state index contributed by atoms with van der Waals surface area (Å²) in [5.41, 5.74) is 5.73. The third-order valence-electron chi connectivity index (χ3n) is 5.87. The van der Waals surface area contributed by atoms with E-state index >= 15 is 0 Å². The van der Waals surface area contributed by atoms with Gasteiger partial charge in [0.25, 0.3) is 0 Å². The van der Waals surface area contributed by atoms with E-state index in [0.29, 0.717) is 0 Å². The lowest BCUT2D eigenvalue weighted by molar-refractivity contribution is 0.812. The van der Waals surface area contributed by atoms with E-state index in [1.165, 1.54) is 5.19 Å². The van der Waals surface area contributed by atoms with E-state index in [1.54, 1.807) is 0 Å². The third kappa shape index (κ3) is 3.99. The van der Waals surface area contributed by atoms with Crippen molar-refractivity contribution in [1.29, 1.82) is 0 Å². The van der Waals surface area contributed by atoms with Crippen molar-refractivity contribution in [3.63, 3.8) is 0 Å². The Hall–Kier alpha value is -2.65. The molecule has 0 aliphatic carbocycles. The molecule has 3 aromatic carbocycles. The fraction of sp³-hybridized carbons (Fsp3) is 0.321. The van der Waals surface area contributed by atoms with Crippen LogP contribution in [0.5, 0.6) is 0 Å². The summed E-state index contributed by atoms with van der Waals surface area (Å²) in [6.45, 7) is 14.8. The first-order chi connectivity index (χ1) is 15.3. The van der Waals surface area contributed by atoms with Crippen LogP contribution in [0.4, 0.5) is 0 Å². The monoisotopic (exact) mass is 428 g/mol. The average molecular weight is 429 g/mol. The van der Waals surface area contributed by atoms with Gasteiger partial charge in [0.2, 0.25) is 0 Å². The first kappa shape index (κ1) is 19.1.